The van der Waals surface area contributed by atoms with E-state index in [4.69, 9.17) is 9.84 Å². The standard InChI is InChI=1S/C12H17N3O3/c1-15(6-7-18-8-9-2-3-9)11-10(12(16)17)4-5-13-14-11/h4-5,9H,2-3,6-8H2,1H3,(H,16,17). The van der Waals surface area contributed by atoms with E-state index in [1.54, 1.807) is 11.9 Å². The predicted octanol–water partition coefficient (Wildman–Crippen LogP) is 1.04. The lowest BCUT2D eigenvalue weighted by Crippen LogP contribution is -2.26. The van der Waals surface area contributed by atoms with Crippen LogP contribution in [0.25, 0.3) is 0 Å². The van der Waals surface area contributed by atoms with Crippen molar-refractivity contribution >= 4 is 11.8 Å². The van der Waals surface area contributed by atoms with Crippen molar-refractivity contribution in [3.05, 3.63) is 17.8 Å². The summed E-state index contributed by atoms with van der Waals surface area (Å²) in [4.78, 5) is 12.8. The highest BCUT2D eigenvalue weighted by Crippen LogP contribution is 2.28. The minimum absolute atomic E-state index is 0.162. The molecule has 1 N–H and O–H groups in total. The van der Waals surface area contributed by atoms with E-state index in [2.05, 4.69) is 10.2 Å². The van der Waals surface area contributed by atoms with E-state index < -0.39 is 5.97 Å². The third-order valence-electron chi connectivity index (χ3n) is 2.91. The monoisotopic (exact) mass is 251 g/mol. The Balaban J connectivity index is 1.86. The van der Waals surface area contributed by atoms with Crippen molar-refractivity contribution in [2.75, 3.05) is 31.7 Å². The number of carboxylic acids is 1. The van der Waals surface area contributed by atoms with Crippen LogP contribution in [0.5, 0.6) is 0 Å². The van der Waals surface area contributed by atoms with Crippen LogP contribution in [0.4, 0.5) is 5.82 Å². The zero-order chi connectivity index (χ0) is 13.0. The van der Waals surface area contributed by atoms with E-state index in [-0.39, 0.29) is 5.56 Å². The molecule has 1 aromatic heterocycles. The molecule has 98 valence electrons. The van der Waals surface area contributed by atoms with Gasteiger partial charge in [-0.1, -0.05) is 0 Å². The number of rotatable bonds is 7. The topological polar surface area (TPSA) is 75.5 Å². The SMILES string of the molecule is CN(CCOCC1CC1)c1nnccc1C(=O)O. The number of carbonyl (C=O) groups is 1. The normalized spacial score (nSPS) is 14.5. The Bertz CT molecular complexity index is 421. The molecule has 0 aromatic carbocycles. The summed E-state index contributed by atoms with van der Waals surface area (Å²) in [6.07, 6.45) is 3.91. The van der Waals surface area contributed by atoms with E-state index in [1.165, 1.54) is 25.1 Å². The summed E-state index contributed by atoms with van der Waals surface area (Å²) in [7, 11) is 1.79. The number of aromatic carboxylic acids is 1. The highest BCUT2D eigenvalue weighted by molar-refractivity contribution is 5.92. The van der Waals surface area contributed by atoms with Crippen molar-refractivity contribution < 1.29 is 14.6 Å². The lowest BCUT2D eigenvalue weighted by Gasteiger charge is -2.18. The van der Waals surface area contributed by atoms with Gasteiger partial charge in [0, 0.05) is 20.2 Å². The van der Waals surface area contributed by atoms with Gasteiger partial charge >= 0.3 is 5.97 Å². The smallest absolute Gasteiger partial charge is 0.339 e. The average molecular weight is 251 g/mol. The summed E-state index contributed by atoms with van der Waals surface area (Å²) in [5.41, 5.74) is 0.162. The van der Waals surface area contributed by atoms with Crippen LogP contribution in [0.3, 0.4) is 0 Å². The fourth-order valence-electron chi connectivity index (χ4n) is 1.62. The van der Waals surface area contributed by atoms with Crippen LogP contribution in [0, 0.1) is 5.92 Å². The number of ether oxygens (including phenoxy) is 1. The summed E-state index contributed by atoms with van der Waals surface area (Å²) in [5, 5.41) is 16.6. The van der Waals surface area contributed by atoms with Crippen LogP contribution < -0.4 is 4.90 Å². The maximum Gasteiger partial charge on any atom is 0.339 e. The van der Waals surface area contributed by atoms with Gasteiger partial charge < -0.3 is 14.7 Å². The van der Waals surface area contributed by atoms with E-state index in [9.17, 15) is 4.79 Å². The molecule has 1 saturated carbocycles. The Labute approximate surface area is 106 Å². The van der Waals surface area contributed by atoms with Crippen LogP contribution in [-0.2, 0) is 4.74 Å². The Morgan fingerprint density at radius 1 is 1.61 bits per heavy atom. The molecule has 1 aliphatic carbocycles. The maximum atomic E-state index is 11.0. The second-order valence-electron chi connectivity index (χ2n) is 4.51. The quantitative estimate of drug-likeness (QED) is 0.730. The Kier molecular flexibility index (Phi) is 4.09. The molecule has 6 heteroatoms. The first-order valence-corrected chi connectivity index (χ1v) is 6.02. The molecule has 0 radical (unpaired) electrons. The Morgan fingerprint density at radius 2 is 2.39 bits per heavy atom. The summed E-state index contributed by atoms with van der Waals surface area (Å²) in [6, 6.07) is 1.45. The molecule has 0 atom stereocenters. The van der Waals surface area contributed by atoms with Gasteiger partial charge in [0.1, 0.15) is 5.56 Å². The first-order valence-electron chi connectivity index (χ1n) is 6.02. The summed E-state index contributed by atoms with van der Waals surface area (Å²) < 4.78 is 5.51. The molecular weight excluding hydrogens is 234 g/mol. The maximum absolute atomic E-state index is 11.0. The second kappa shape index (κ2) is 5.77. The van der Waals surface area contributed by atoms with Crippen LogP contribution in [-0.4, -0.2) is 48.1 Å². The molecule has 0 unspecified atom stereocenters. The number of carboxylic acid groups (broad SMARTS) is 1. The largest absolute Gasteiger partial charge is 0.478 e. The lowest BCUT2D eigenvalue weighted by molar-refractivity contribution is 0.0696. The van der Waals surface area contributed by atoms with Crippen molar-refractivity contribution in [3.63, 3.8) is 0 Å². The second-order valence-corrected chi connectivity index (χ2v) is 4.51. The molecule has 18 heavy (non-hydrogen) atoms. The number of likely N-dealkylation sites (N-methyl/N-ethyl adjacent to an activating group) is 1. The van der Waals surface area contributed by atoms with E-state index in [1.807, 2.05) is 0 Å². The van der Waals surface area contributed by atoms with Gasteiger partial charge in [-0.3, -0.25) is 0 Å². The van der Waals surface area contributed by atoms with Crippen molar-refractivity contribution in [1.82, 2.24) is 10.2 Å². The molecule has 1 aromatic rings. The number of hydrogen-bond acceptors (Lipinski definition) is 5. The van der Waals surface area contributed by atoms with E-state index >= 15 is 0 Å². The highest BCUT2D eigenvalue weighted by atomic mass is 16.5. The minimum atomic E-state index is -0.995. The van der Waals surface area contributed by atoms with Gasteiger partial charge in [-0.05, 0) is 24.8 Å². The Morgan fingerprint density at radius 3 is 3.06 bits per heavy atom. The van der Waals surface area contributed by atoms with Gasteiger partial charge in [-0.2, -0.15) is 5.10 Å². The lowest BCUT2D eigenvalue weighted by atomic mass is 10.2. The number of anilines is 1. The fraction of sp³-hybridized carbons (Fsp3) is 0.583. The van der Waals surface area contributed by atoms with Gasteiger partial charge in [0.2, 0.25) is 0 Å². The predicted molar refractivity (Wildman–Crippen MR) is 65.8 cm³/mol. The van der Waals surface area contributed by atoms with Crippen molar-refractivity contribution in [2.45, 2.75) is 12.8 Å². The van der Waals surface area contributed by atoms with Gasteiger partial charge in [0.25, 0.3) is 0 Å². The van der Waals surface area contributed by atoms with Gasteiger partial charge in [0.15, 0.2) is 5.82 Å². The van der Waals surface area contributed by atoms with Gasteiger partial charge in [-0.15, -0.1) is 5.10 Å². The number of hydrogen-bond donors (Lipinski definition) is 1. The van der Waals surface area contributed by atoms with Crippen LogP contribution >= 0.6 is 0 Å². The minimum Gasteiger partial charge on any atom is -0.478 e. The van der Waals surface area contributed by atoms with E-state index in [0.717, 1.165) is 12.5 Å². The van der Waals surface area contributed by atoms with Crippen molar-refractivity contribution in [1.29, 1.82) is 0 Å². The summed E-state index contributed by atoms with van der Waals surface area (Å²) in [6.45, 7) is 1.98. The summed E-state index contributed by atoms with van der Waals surface area (Å²) in [5.74, 6) is 0.118. The van der Waals surface area contributed by atoms with Crippen LogP contribution in [0.15, 0.2) is 12.3 Å². The zero-order valence-corrected chi connectivity index (χ0v) is 10.4. The first kappa shape index (κ1) is 12.8. The van der Waals surface area contributed by atoms with Gasteiger partial charge in [-0.25, -0.2) is 4.79 Å². The molecule has 1 fully saturated rings. The molecule has 0 bridgehead atoms. The first-order chi connectivity index (χ1) is 8.68. The third kappa shape index (κ3) is 3.40. The van der Waals surface area contributed by atoms with Crippen molar-refractivity contribution in [3.8, 4) is 0 Å². The van der Waals surface area contributed by atoms with Gasteiger partial charge in [0.05, 0.1) is 12.8 Å². The molecule has 0 spiro atoms. The number of aromatic nitrogens is 2. The third-order valence-corrected chi connectivity index (χ3v) is 2.91. The highest BCUT2D eigenvalue weighted by Gasteiger charge is 2.21. The van der Waals surface area contributed by atoms with Crippen LogP contribution in [0.2, 0.25) is 0 Å². The molecule has 2 rings (SSSR count). The molecule has 1 aliphatic rings. The van der Waals surface area contributed by atoms with Crippen LogP contribution in [0.1, 0.15) is 23.2 Å². The number of nitrogens with zero attached hydrogens (tertiary/aromatic N) is 3. The molecular formula is C12H17N3O3. The Hall–Kier alpha value is -1.69. The molecule has 0 saturated heterocycles. The van der Waals surface area contributed by atoms with Crippen molar-refractivity contribution in [2.24, 2.45) is 5.92 Å². The molecule has 6 nitrogen and oxygen atoms in total. The average Bonchev–Trinajstić information content (AvgIpc) is 3.18. The van der Waals surface area contributed by atoms with E-state index in [0.29, 0.717) is 19.0 Å². The molecule has 0 aliphatic heterocycles. The molecule has 0 amide bonds. The fourth-order valence-corrected chi connectivity index (χ4v) is 1.62. The summed E-state index contributed by atoms with van der Waals surface area (Å²) >= 11 is 0. The molecule has 1 heterocycles. The zero-order valence-electron chi connectivity index (χ0n) is 10.4.